The average Bonchev–Trinajstić information content (AvgIpc) is 2.60. The highest BCUT2D eigenvalue weighted by molar-refractivity contribution is 7.48. The Morgan fingerprint density at radius 3 is 1.65 bits per heavy atom. The van der Waals surface area contributed by atoms with E-state index in [2.05, 4.69) is 13.0 Å². The third-order valence-corrected chi connectivity index (χ3v) is 4.24. The van der Waals surface area contributed by atoms with E-state index in [9.17, 15) is 9.46 Å². The Kier molecular flexibility index (Phi) is 6.84. The first-order valence-electron chi connectivity index (χ1n) is 8.00. The van der Waals surface area contributed by atoms with E-state index in [0.29, 0.717) is 0 Å². The van der Waals surface area contributed by atoms with Gasteiger partial charge in [-0.1, -0.05) is 54.1 Å². The van der Waals surface area contributed by atoms with Gasteiger partial charge < -0.3 is 14.8 Å². The zero-order valence-electron chi connectivity index (χ0n) is 14.7. The quantitative estimate of drug-likeness (QED) is 0.491. The molecule has 3 aromatic carbocycles. The lowest BCUT2D eigenvalue weighted by molar-refractivity contribution is 0.291. The van der Waals surface area contributed by atoms with E-state index >= 15 is 0 Å². The van der Waals surface area contributed by atoms with E-state index in [0.717, 1.165) is 11.3 Å². The van der Waals surface area contributed by atoms with Crippen LogP contribution in [0.15, 0.2) is 78.9 Å². The van der Waals surface area contributed by atoms with Crippen LogP contribution in [-0.2, 0) is 4.57 Å². The number of anilines is 1. The molecule has 0 radical (unpaired) electrons. The van der Waals surface area contributed by atoms with Crippen LogP contribution in [0.5, 0.6) is 11.5 Å². The Bertz CT molecular complexity index is 824. The van der Waals surface area contributed by atoms with Crippen LogP contribution >= 0.6 is 7.82 Å². The fourth-order valence-electron chi connectivity index (χ4n) is 2.07. The van der Waals surface area contributed by atoms with Gasteiger partial charge in [0.05, 0.1) is 0 Å². The zero-order valence-corrected chi connectivity index (χ0v) is 15.6. The van der Waals surface area contributed by atoms with Gasteiger partial charge in [0.25, 0.3) is 0 Å². The van der Waals surface area contributed by atoms with Gasteiger partial charge in [-0.25, -0.2) is 4.57 Å². The van der Waals surface area contributed by atoms with Crippen molar-refractivity contribution in [1.82, 2.24) is 0 Å². The summed E-state index contributed by atoms with van der Waals surface area (Å²) in [5, 5.41) is 0. The second kappa shape index (κ2) is 9.09. The number of para-hydroxylation sites is 2. The van der Waals surface area contributed by atoms with Crippen molar-refractivity contribution < 1.29 is 18.5 Å². The Morgan fingerprint density at radius 1 is 0.808 bits per heavy atom. The highest BCUT2D eigenvalue weighted by atomic mass is 31.2. The number of hydrogen-bond donors (Lipinski definition) is 2. The molecule has 136 valence electrons. The number of nitrogen functional groups attached to an aromatic ring is 1. The van der Waals surface area contributed by atoms with Gasteiger partial charge in [0, 0.05) is 5.69 Å². The standard InChI is InChI=1S/C12H11O4P.C8H11N/c13-17(14,15-11-7-3-1-4-8-11)16-12-9-5-2-6-10-12;1-6-3-4-8(9)7(2)5-6/h1-10H,(H,13,14);3-5H,9H2,1-2H3. The molecule has 0 bridgehead atoms. The molecule has 0 saturated carbocycles. The van der Waals surface area contributed by atoms with Crippen molar-refractivity contribution in [1.29, 1.82) is 0 Å². The highest BCUT2D eigenvalue weighted by Gasteiger charge is 2.24. The molecule has 0 aliphatic rings. The molecule has 0 heterocycles. The Labute approximate surface area is 153 Å². The van der Waals surface area contributed by atoms with E-state index in [1.165, 1.54) is 5.56 Å². The summed E-state index contributed by atoms with van der Waals surface area (Å²) in [6, 6.07) is 22.7. The molecule has 0 fully saturated rings. The Morgan fingerprint density at radius 2 is 1.27 bits per heavy atom. The molecule has 3 aromatic rings. The molecule has 0 amide bonds. The fraction of sp³-hybridized carbons (Fsp3) is 0.100. The van der Waals surface area contributed by atoms with Crippen LogP contribution in [0.25, 0.3) is 0 Å². The van der Waals surface area contributed by atoms with Crippen molar-refractivity contribution in [2.45, 2.75) is 13.8 Å². The van der Waals surface area contributed by atoms with Gasteiger partial charge in [-0.3, -0.25) is 4.89 Å². The van der Waals surface area contributed by atoms with E-state index in [1.54, 1.807) is 60.7 Å². The lowest BCUT2D eigenvalue weighted by Crippen LogP contribution is -1.99. The van der Waals surface area contributed by atoms with Crippen molar-refractivity contribution in [2.24, 2.45) is 0 Å². The summed E-state index contributed by atoms with van der Waals surface area (Å²) in [6.45, 7) is 4.08. The molecule has 3 rings (SSSR count). The first-order valence-corrected chi connectivity index (χ1v) is 9.50. The van der Waals surface area contributed by atoms with Crippen molar-refractivity contribution in [3.8, 4) is 11.5 Å². The second-order valence-electron chi connectivity index (χ2n) is 5.64. The van der Waals surface area contributed by atoms with Gasteiger partial charge in [-0.2, -0.15) is 0 Å². The Hall–Kier alpha value is -2.75. The minimum absolute atomic E-state index is 0.286. The summed E-state index contributed by atoms with van der Waals surface area (Å²) in [5.74, 6) is 0.573. The van der Waals surface area contributed by atoms with Crippen LogP contribution in [0.3, 0.4) is 0 Å². The molecule has 0 aromatic heterocycles. The van der Waals surface area contributed by atoms with Crippen LogP contribution in [0.2, 0.25) is 0 Å². The average molecular weight is 371 g/mol. The smallest absolute Gasteiger partial charge is 0.399 e. The van der Waals surface area contributed by atoms with Gasteiger partial charge in [-0.15, -0.1) is 0 Å². The van der Waals surface area contributed by atoms with E-state index in [-0.39, 0.29) is 11.5 Å². The maximum Gasteiger partial charge on any atom is 0.584 e. The number of hydrogen-bond acceptors (Lipinski definition) is 4. The van der Waals surface area contributed by atoms with Gasteiger partial charge in [0.2, 0.25) is 0 Å². The third kappa shape index (κ3) is 6.63. The van der Waals surface area contributed by atoms with E-state index in [1.807, 2.05) is 19.1 Å². The van der Waals surface area contributed by atoms with Crippen LogP contribution < -0.4 is 14.8 Å². The van der Waals surface area contributed by atoms with Crippen molar-refractivity contribution in [3.63, 3.8) is 0 Å². The SMILES string of the molecule is Cc1ccc(N)c(C)c1.O=P(O)(Oc1ccccc1)Oc1ccccc1. The minimum atomic E-state index is -4.14. The van der Waals surface area contributed by atoms with Gasteiger partial charge in [-0.05, 0) is 49.7 Å². The van der Waals surface area contributed by atoms with Gasteiger partial charge in [0.1, 0.15) is 11.5 Å². The zero-order chi connectivity index (χ0) is 19.0. The molecule has 0 aliphatic carbocycles. The monoisotopic (exact) mass is 371 g/mol. The Balaban J connectivity index is 0.000000228. The molecule has 0 aliphatic heterocycles. The summed E-state index contributed by atoms with van der Waals surface area (Å²) in [6.07, 6.45) is 0. The molecule has 5 nitrogen and oxygen atoms in total. The van der Waals surface area contributed by atoms with Crippen LogP contribution in [0, 0.1) is 13.8 Å². The molecule has 0 spiro atoms. The number of nitrogens with two attached hydrogens (primary N) is 1. The van der Waals surface area contributed by atoms with Crippen molar-refractivity contribution >= 4 is 13.5 Å². The van der Waals surface area contributed by atoms with Gasteiger partial charge >= 0.3 is 7.82 Å². The summed E-state index contributed by atoms with van der Waals surface area (Å²) < 4.78 is 21.5. The maximum absolute atomic E-state index is 11.7. The molecule has 0 atom stereocenters. The molecule has 0 unspecified atom stereocenters. The van der Waals surface area contributed by atoms with E-state index < -0.39 is 7.82 Å². The maximum atomic E-state index is 11.7. The predicted octanol–water partition coefficient (Wildman–Crippen LogP) is 5.13. The molecule has 6 heteroatoms. The van der Waals surface area contributed by atoms with Crippen molar-refractivity contribution in [3.05, 3.63) is 90.0 Å². The normalized spacial score (nSPS) is 10.4. The first-order chi connectivity index (χ1) is 12.4. The summed E-state index contributed by atoms with van der Waals surface area (Å²) >= 11 is 0. The topological polar surface area (TPSA) is 81.8 Å². The second-order valence-corrected chi connectivity index (χ2v) is 6.94. The molecule has 0 saturated heterocycles. The van der Waals surface area contributed by atoms with Crippen molar-refractivity contribution in [2.75, 3.05) is 5.73 Å². The van der Waals surface area contributed by atoms with E-state index in [4.69, 9.17) is 14.8 Å². The fourth-order valence-corrected chi connectivity index (χ4v) is 2.89. The molecular formula is C20H22NO4P. The third-order valence-electron chi connectivity index (χ3n) is 3.35. The predicted molar refractivity (Wildman–Crippen MR) is 104 cm³/mol. The van der Waals surface area contributed by atoms with Crippen LogP contribution in [-0.4, -0.2) is 4.89 Å². The number of aryl methyl sites for hydroxylation is 2. The summed E-state index contributed by atoms with van der Waals surface area (Å²) in [4.78, 5) is 9.53. The lowest BCUT2D eigenvalue weighted by atomic mass is 10.1. The van der Waals surface area contributed by atoms with Gasteiger partial charge in [0.15, 0.2) is 0 Å². The summed E-state index contributed by atoms with van der Waals surface area (Å²) in [7, 11) is -4.14. The number of phosphoric ester groups is 1. The number of benzene rings is 3. The van der Waals surface area contributed by atoms with Crippen LogP contribution in [0.1, 0.15) is 11.1 Å². The molecule has 26 heavy (non-hydrogen) atoms. The molecular weight excluding hydrogens is 349 g/mol. The number of phosphoric acid groups is 1. The lowest BCUT2D eigenvalue weighted by Gasteiger charge is -2.13. The summed E-state index contributed by atoms with van der Waals surface area (Å²) in [5.41, 5.74) is 8.89. The highest BCUT2D eigenvalue weighted by Crippen LogP contribution is 2.44. The minimum Gasteiger partial charge on any atom is -0.399 e. The first kappa shape index (κ1) is 19.6. The number of rotatable bonds is 4. The largest absolute Gasteiger partial charge is 0.584 e. The molecule has 3 N–H and O–H groups in total. The van der Waals surface area contributed by atoms with Crippen LogP contribution in [0.4, 0.5) is 5.69 Å².